The predicted molar refractivity (Wildman–Crippen MR) is 61.9 cm³/mol. The van der Waals surface area contributed by atoms with Crippen molar-refractivity contribution >= 4 is 5.69 Å². The molecule has 0 aromatic heterocycles. The first-order valence-corrected chi connectivity index (χ1v) is 5.50. The van der Waals surface area contributed by atoms with Crippen LogP contribution in [-0.4, -0.2) is 18.8 Å². The minimum Gasteiger partial charge on any atom is -0.398 e. The van der Waals surface area contributed by atoms with Crippen LogP contribution in [0.1, 0.15) is 30.1 Å². The van der Waals surface area contributed by atoms with Crippen molar-refractivity contribution in [1.29, 1.82) is 0 Å². The molecule has 1 rings (SSSR count). The number of benzene rings is 1. The third-order valence-electron chi connectivity index (χ3n) is 2.60. The van der Waals surface area contributed by atoms with E-state index < -0.39 is 17.8 Å². The van der Waals surface area contributed by atoms with Crippen molar-refractivity contribution in [3.05, 3.63) is 29.3 Å². The Bertz CT molecular complexity index is 393. The third kappa shape index (κ3) is 3.89. The highest BCUT2D eigenvalue weighted by Gasteiger charge is 2.31. The first kappa shape index (κ1) is 14.8. The van der Waals surface area contributed by atoms with Gasteiger partial charge in [0.2, 0.25) is 0 Å². The molecule has 0 saturated carbocycles. The molecule has 0 aliphatic carbocycles. The Kier molecular flexibility index (Phi) is 4.98. The van der Waals surface area contributed by atoms with E-state index >= 15 is 0 Å². The molecule has 1 aromatic rings. The molecule has 6 heteroatoms. The number of anilines is 1. The van der Waals surface area contributed by atoms with Gasteiger partial charge in [-0.05, 0) is 31.0 Å². The average Bonchev–Trinajstić information content (AvgIpc) is 2.28. The number of aliphatic hydroxyl groups is 1. The van der Waals surface area contributed by atoms with Crippen LogP contribution in [0.4, 0.5) is 18.9 Å². The van der Waals surface area contributed by atoms with Crippen LogP contribution in [0.3, 0.4) is 0 Å². The maximum atomic E-state index is 12.5. The Balaban J connectivity index is 2.86. The van der Waals surface area contributed by atoms with Gasteiger partial charge in [-0.25, -0.2) is 0 Å². The van der Waals surface area contributed by atoms with Gasteiger partial charge in [-0.15, -0.1) is 0 Å². The van der Waals surface area contributed by atoms with Crippen LogP contribution < -0.4 is 5.73 Å². The normalized spacial score (nSPS) is 13.6. The summed E-state index contributed by atoms with van der Waals surface area (Å²) < 4.78 is 42.4. The highest BCUT2D eigenvalue weighted by Crippen LogP contribution is 2.33. The number of nitrogen functional groups attached to an aromatic ring is 1. The number of ether oxygens (including phenoxy) is 1. The zero-order valence-corrected chi connectivity index (χ0v) is 10.00. The molecule has 0 radical (unpaired) electrons. The van der Waals surface area contributed by atoms with E-state index in [1.807, 2.05) is 0 Å². The van der Waals surface area contributed by atoms with Crippen molar-refractivity contribution in [1.82, 2.24) is 0 Å². The van der Waals surface area contributed by atoms with Crippen molar-refractivity contribution in [3.63, 3.8) is 0 Å². The summed E-state index contributed by atoms with van der Waals surface area (Å²) in [6.45, 7) is 0.440. The number of methoxy groups -OCH3 is 1. The second-order valence-electron chi connectivity index (χ2n) is 3.99. The van der Waals surface area contributed by atoms with Crippen molar-refractivity contribution < 1.29 is 23.0 Å². The van der Waals surface area contributed by atoms with E-state index in [0.717, 1.165) is 18.2 Å². The quantitative estimate of drug-likeness (QED) is 0.634. The van der Waals surface area contributed by atoms with Gasteiger partial charge in [-0.3, -0.25) is 0 Å². The van der Waals surface area contributed by atoms with Gasteiger partial charge in [0.15, 0.2) is 0 Å². The molecule has 0 fully saturated rings. The standard InChI is InChI=1S/C12H16F3NO2/c1-18-6-2-3-11(17)9-7-8(12(13,14)15)4-5-10(9)16/h4-5,7,11,17H,2-3,6,16H2,1H3. The monoisotopic (exact) mass is 263 g/mol. The smallest absolute Gasteiger partial charge is 0.398 e. The summed E-state index contributed by atoms with van der Waals surface area (Å²) in [5.41, 5.74) is 5.04. The van der Waals surface area contributed by atoms with Crippen LogP contribution in [0.15, 0.2) is 18.2 Å². The van der Waals surface area contributed by atoms with Crippen molar-refractivity contribution in [2.45, 2.75) is 25.1 Å². The molecule has 0 spiro atoms. The lowest BCUT2D eigenvalue weighted by atomic mass is 10.0. The van der Waals surface area contributed by atoms with Crippen LogP contribution in [0.5, 0.6) is 0 Å². The lowest BCUT2D eigenvalue weighted by Gasteiger charge is -2.16. The largest absolute Gasteiger partial charge is 0.416 e. The first-order chi connectivity index (χ1) is 8.36. The number of nitrogens with two attached hydrogens (primary N) is 1. The van der Waals surface area contributed by atoms with E-state index in [9.17, 15) is 18.3 Å². The molecule has 0 amide bonds. The minimum absolute atomic E-state index is 0.112. The predicted octanol–water partition coefficient (Wildman–Crippen LogP) is 2.75. The van der Waals surface area contributed by atoms with Gasteiger partial charge in [-0.1, -0.05) is 0 Å². The van der Waals surface area contributed by atoms with E-state index in [1.54, 1.807) is 0 Å². The Morgan fingerprint density at radius 2 is 2.06 bits per heavy atom. The van der Waals surface area contributed by atoms with Crippen LogP contribution in [0, 0.1) is 0 Å². The molecule has 1 unspecified atom stereocenters. The van der Waals surface area contributed by atoms with Crippen LogP contribution >= 0.6 is 0 Å². The zero-order valence-electron chi connectivity index (χ0n) is 10.00. The van der Waals surface area contributed by atoms with E-state index in [4.69, 9.17) is 10.5 Å². The molecule has 18 heavy (non-hydrogen) atoms. The molecular weight excluding hydrogens is 247 g/mol. The van der Waals surface area contributed by atoms with Gasteiger partial charge in [-0.2, -0.15) is 13.2 Å². The average molecular weight is 263 g/mol. The summed E-state index contributed by atoms with van der Waals surface area (Å²) in [5, 5.41) is 9.82. The van der Waals surface area contributed by atoms with Crippen molar-refractivity contribution in [3.8, 4) is 0 Å². The van der Waals surface area contributed by atoms with Gasteiger partial charge >= 0.3 is 6.18 Å². The maximum absolute atomic E-state index is 12.5. The van der Waals surface area contributed by atoms with E-state index in [-0.39, 0.29) is 11.3 Å². The fourth-order valence-electron chi connectivity index (χ4n) is 1.62. The summed E-state index contributed by atoms with van der Waals surface area (Å²) in [6.07, 6.45) is -4.59. The Labute approximate surface area is 103 Å². The number of alkyl halides is 3. The molecule has 3 N–H and O–H groups in total. The Morgan fingerprint density at radius 1 is 1.39 bits per heavy atom. The summed E-state index contributed by atoms with van der Waals surface area (Å²) in [7, 11) is 1.52. The minimum atomic E-state index is -4.44. The summed E-state index contributed by atoms with van der Waals surface area (Å²) in [5.74, 6) is 0. The number of halogens is 3. The molecular formula is C12H16F3NO2. The number of hydrogen-bond donors (Lipinski definition) is 2. The van der Waals surface area contributed by atoms with E-state index in [2.05, 4.69) is 0 Å². The molecule has 3 nitrogen and oxygen atoms in total. The van der Waals surface area contributed by atoms with Gasteiger partial charge < -0.3 is 15.6 Å². The van der Waals surface area contributed by atoms with Crippen LogP contribution in [-0.2, 0) is 10.9 Å². The highest BCUT2D eigenvalue weighted by atomic mass is 19.4. The molecule has 1 atom stereocenters. The molecule has 0 bridgehead atoms. The van der Waals surface area contributed by atoms with Gasteiger partial charge in [0.05, 0.1) is 11.7 Å². The van der Waals surface area contributed by atoms with Crippen LogP contribution in [0.25, 0.3) is 0 Å². The van der Waals surface area contributed by atoms with Gasteiger partial charge in [0, 0.05) is 25.0 Å². The van der Waals surface area contributed by atoms with Gasteiger partial charge in [0.1, 0.15) is 0 Å². The molecule has 0 saturated heterocycles. The Morgan fingerprint density at radius 3 is 2.61 bits per heavy atom. The second kappa shape index (κ2) is 6.06. The number of rotatable bonds is 5. The summed E-state index contributed by atoms with van der Waals surface area (Å²) >= 11 is 0. The van der Waals surface area contributed by atoms with E-state index in [1.165, 1.54) is 7.11 Å². The molecule has 1 aromatic carbocycles. The number of aliphatic hydroxyl groups excluding tert-OH is 1. The number of hydrogen-bond acceptors (Lipinski definition) is 3. The second-order valence-corrected chi connectivity index (χ2v) is 3.99. The van der Waals surface area contributed by atoms with Crippen molar-refractivity contribution in [2.75, 3.05) is 19.5 Å². The lowest BCUT2D eigenvalue weighted by molar-refractivity contribution is -0.137. The Hall–Kier alpha value is -1.27. The molecule has 0 aliphatic heterocycles. The molecule has 0 aliphatic rings. The fraction of sp³-hybridized carbons (Fsp3) is 0.500. The molecule has 0 heterocycles. The third-order valence-corrected chi connectivity index (χ3v) is 2.60. The SMILES string of the molecule is COCCCC(O)c1cc(C(F)(F)F)ccc1N. The highest BCUT2D eigenvalue weighted by molar-refractivity contribution is 5.50. The maximum Gasteiger partial charge on any atom is 0.416 e. The molecule has 102 valence electrons. The van der Waals surface area contributed by atoms with Crippen molar-refractivity contribution in [2.24, 2.45) is 0 Å². The summed E-state index contributed by atoms with van der Waals surface area (Å²) in [4.78, 5) is 0. The van der Waals surface area contributed by atoms with Gasteiger partial charge in [0.25, 0.3) is 0 Å². The first-order valence-electron chi connectivity index (χ1n) is 5.50. The van der Waals surface area contributed by atoms with Crippen LogP contribution in [0.2, 0.25) is 0 Å². The fourth-order valence-corrected chi connectivity index (χ4v) is 1.62. The van der Waals surface area contributed by atoms with E-state index in [0.29, 0.717) is 19.4 Å². The topological polar surface area (TPSA) is 55.5 Å². The lowest BCUT2D eigenvalue weighted by Crippen LogP contribution is -2.09. The zero-order chi connectivity index (χ0) is 13.8. The summed E-state index contributed by atoms with van der Waals surface area (Å²) in [6, 6.07) is 2.96.